The molecule has 0 saturated heterocycles. The third kappa shape index (κ3) is 3.50. The third-order valence-electron chi connectivity index (χ3n) is 3.87. The summed E-state index contributed by atoms with van der Waals surface area (Å²) >= 11 is 0. The zero-order chi connectivity index (χ0) is 17.8. The van der Waals surface area contributed by atoms with Crippen molar-refractivity contribution >= 4 is 22.5 Å². The van der Waals surface area contributed by atoms with Crippen molar-refractivity contribution < 1.29 is 9.53 Å². The molecule has 0 atom stereocenters. The number of fused-ring (bicyclic) bond motifs is 1. The van der Waals surface area contributed by atoms with Gasteiger partial charge >= 0.3 is 0 Å². The number of para-hydroxylation sites is 1. The molecule has 0 bridgehead atoms. The Balaban J connectivity index is 1.72. The van der Waals surface area contributed by atoms with Gasteiger partial charge in [0.1, 0.15) is 0 Å². The molecule has 0 radical (unpaired) electrons. The molecule has 0 aliphatic rings. The van der Waals surface area contributed by atoms with Crippen molar-refractivity contribution in [2.45, 2.75) is 19.9 Å². The largest absolute Gasteiger partial charge is 0.493 e. The fourth-order valence-electron chi connectivity index (χ4n) is 2.61. The van der Waals surface area contributed by atoms with Gasteiger partial charge in [-0.05, 0) is 25.1 Å². The molecule has 3 aromatic rings. The van der Waals surface area contributed by atoms with Gasteiger partial charge in [0.15, 0.2) is 5.75 Å². The number of nitrogens with zero attached hydrogens (tertiary/aromatic N) is 3. The Morgan fingerprint density at radius 3 is 2.84 bits per heavy atom. The molecule has 0 unspecified atom stereocenters. The Bertz CT molecular complexity index is 981. The standard InChI is InChI=1S/C18H18N4O3/c1-12-17(25-2)15(7-9-19-12)21-16(23)8-10-22-11-20-14-6-4-3-5-13(14)18(22)24/h3-7,9,11H,8,10H2,1-2H3,(H,19,21,23). The summed E-state index contributed by atoms with van der Waals surface area (Å²) in [5.74, 6) is 0.310. The highest BCUT2D eigenvalue weighted by molar-refractivity contribution is 5.92. The molecular weight excluding hydrogens is 320 g/mol. The Morgan fingerprint density at radius 1 is 1.24 bits per heavy atom. The number of pyridine rings is 1. The lowest BCUT2D eigenvalue weighted by Gasteiger charge is -2.12. The zero-order valence-corrected chi connectivity index (χ0v) is 14.0. The quantitative estimate of drug-likeness (QED) is 0.770. The van der Waals surface area contributed by atoms with Crippen molar-refractivity contribution in [3.63, 3.8) is 0 Å². The van der Waals surface area contributed by atoms with Crippen LogP contribution in [0.3, 0.4) is 0 Å². The second-order valence-corrected chi connectivity index (χ2v) is 5.54. The van der Waals surface area contributed by atoms with Gasteiger partial charge in [-0.25, -0.2) is 4.98 Å². The molecule has 0 aliphatic carbocycles. The molecule has 7 heteroatoms. The summed E-state index contributed by atoms with van der Waals surface area (Å²) in [7, 11) is 1.53. The van der Waals surface area contributed by atoms with E-state index in [-0.39, 0.29) is 24.4 Å². The molecule has 3 rings (SSSR count). The van der Waals surface area contributed by atoms with Crippen LogP contribution in [0, 0.1) is 6.92 Å². The van der Waals surface area contributed by atoms with E-state index in [4.69, 9.17) is 4.74 Å². The van der Waals surface area contributed by atoms with Gasteiger partial charge in [-0.2, -0.15) is 0 Å². The maximum absolute atomic E-state index is 12.4. The van der Waals surface area contributed by atoms with Crippen LogP contribution in [0.25, 0.3) is 10.9 Å². The van der Waals surface area contributed by atoms with Crippen LogP contribution >= 0.6 is 0 Å². The van der Waals surface area contributed by atoms with Crippen molar-refractivity contribution in [1.29, 1.82) is 0 Å². The normalized spacial score (nSPS) is 10.6. The van der Waals surface area contributed by atoms with E-state index in [1.807, 2.05) is 6.07 Å². The minimum atomic E-state index is -0.219. The Labute approximate surface area is 144 Å². The number of ether oxygens (including phenoxy) is 1. The fraction of sp³-hybridized carbons (Fsp3) is 0.222. The Kier molecular flexibility index (Phi) is 4.74. The van der Waals surface area contributed by atoms with Crippen molar-refractivity contribution in [2.24, 2.45) is 0 Å². The highest BCUT2D eigenvalue weighted by Gasteiger charge is 2.11. The lowest BCUT2D eigenvalue weighted by atomic mass is 10.2. The topological polar surface area (TPSA) is 86.1 Å². The number of hydrogen-bond acceptors (Lipinski definition) is 5. The van der Waals surface area contributed by atoms with Crippen molar-refractivity contribution in [3.05, 3.63) is 58.9 Å². The molecule has 2 aromatic heterocycles. The molecule has 1 aromatic carbocycles. The summed E-state index contributed by atoms with van der Waals surface area (Å²) in [5, 5.41) is 3.33. The van der Waals surface area contributed by atoms with Crippen LogP contribution in [0.1, 0.15) is 12.1 Å². The maximum Gasteiger partial charge on any atom is 0.261 e. The molecular formula is C18H18N4O3. The molecule has 2 heterocycles. The summed E-state index contributed by atoms with van der Waals surface area (Å²) in [6.45, 7) is 2.05. The van der Waals surface area contributed by atoms with Crippen molar-refractivity contribution in [3.8, 4) is 5.75 Å². The molecule has 7 nitrogen and oxygen atoms in total. The number of anilines is 1. The molecule has 0 saturated carbocycles. The maximum atomic E-state index is 12.4. The summed E-state index contributed by atoms with van der Waals surface area (Å²) in [6, 6.07) is 8.81. The average molecular weight is 338 g/mol. The van der Waals surface area contributed by atoms with E-state index in [1.54, 1.807) is 37.4 Å². The summed E-state index contributed by atoms with van der Waals surface area (Å²) < 4.78 is 6.71. The van der Waals surface area contributed by atoms with Crippen LogP contribution in [0.15, 0.2) is 47.7 Å². The number of amides is 1. The molecule has 1 amide bonds. The minimum Gasteiger partial charge on any atom is -0.493 e. The average Bonchev–Trinajstić information content (AvgIpc) is 2.61. The highest BCUT2D eigenvalue weighted by Crippen LogP contribution is 2.26. The first-order valence-electron chi connectivity index (χ1n) is 7.84. The number of carbonyl (C=O) groups is 1. The van der Waals surface area contributed by atoms with E-state index in [9.17, 15) is 9.59 Å². The first kappa shape index (κ1) is 16.6. The SMILES string of the molecule is COc1c(NC(=O)CCn2cnc3ccccc3c2=O)ccnc1C. The Hall–Kier alpha value is -3.22. The van der Waals surface area contributed by atoms with E-state index in [1.165, 1.54) is 18.0 Å². The number of methoxy groups -OCH3 is 1. The van der Waals surface area contributed by atoms with Gasteiger partial charge in [0.05, 0.1) is 35.7 Å². The Morgan fingerprint density at radius 2 is 2.04 bits per heavy atom. The van der Waals surface area contributed by atoms with E-state index in [0.717, 1.165) is 0 Å². The first-order valence-corrected chi connectivity index (χ1v) is 7.84. The molecule has 25 heavy (non-hydrogen) atoms. The predicted molar refractivity (Wildman–Crippen MR) is 94.8 cm³/mol. The van der Waals surface area contributed by atoms with E-state index >= 15 is 0 Å². The number of hydrogen-bond donors (Lipinski definition) is 1. The monoisotopic (exact) mass is 338 g/mol. The van der Waals surface area contributed by atoms with Gasteiger partial charge in [0, 0.05) is 19.2 Å². The molecule has 0 spiro atoms. The molecule has 0 aliphatic heterocycles. The minimum absolute atomic E-state index is 0.143. The number of benzene rings is 1. The van der Waals surface area contributed by atoms with Crippen LogP contribution in [-0.4, -0.2) is 27.6 Å². The molecule has 128 valence electrons. The number of aromatic nitrogens is 3. The zero-order valence-electron chi connectivity index (χ0n) is 14.0. The molecule has 1 N–H and O–H groups in total. The van der Waals surface area contributed by atoms with Gasteiger partial charge in [0.2, 0.25) is 5.91 Å². The number of aryl methyl sites for hydroxylation is 2. The summed E-state index contributed by atoms with van der Waals surface area (Å²) in [5.41, 5.74) is 1.74. The lowest BCUT2D eigenvalue weighted by Crippen LogP contribution is -2.23. The predicted octanol–water partition coefficient (Wildman–Crippen LogP) is 2.14. The van der Waals surface area contributed by atoms with Gasteiger partial charge in [-0.15, -0.1) is 0 Å². The molecule has 0 fully saturated rings. The number of rotatable bonds is 5. The van der Waals surface area contributed by atoms with Gasteiger partial charge in [-0.1, -0.05) is 12.1 Å². The smallest absolute Gasteiger partial charge is 0.261 e. The van der Waals surface area contributed by atoms with E-state index in [2.05, 4.69) is 15.3 Å². The van der Waals surface area contributed by atoms with Crippen LogP contribution in [0.5, 0.6) is 5.75 Å². The summed E-state index contributed by atoms with van der Waals surface area (Å²) in [6.07, 6.45) is 3.21. The third-order valence-corrected chi connectivity index (χ3v) is 3.87. The number of nitrogens with one attached hydrogen (secondary N) is 1. The summed E-state index contributed by atoms with van der Waals surface area (Å²) in [4.78, 5) is 33.0. The van der Waals surface area contributed by atoms with Crippen LogP contribution in [0.2, 0.25) is 0 Å². The van der Waals surface area contributed by atoms with Gasteiger partial charge in [0.25, 0.3) is 5.56 Å². The lowest BCUT2D eigenvalue weighted by molar-refractivity contribution is -0.116. The number of carbonyl (C=O) groups excluding carboxylic acids is 1. The highest BCUT2D eigenvalue weighted by atomic mass is 16.5. The van der Waals surface area contributed by atoms with E-state index in [0.29, 0.717) is 28.0 Å². The fourth-order valence-corrected chi connectivity index (χ4v) is 2.61. The van der Waals surface area contributed by atoms with Crippen molar-refractivity contribution in [2.75, 3.05) is 12.4 Å². The second kappa shape index (κ2) is 7.12. The second-order valence-electron chi connectivity index (χ2n) is 5.54. The van der Waals surface area contributed by atoms with Crippen molar-refractivity contribution in [1.82, 2.24) is 14.5 Å². The van der Waals surface area contributed by atoms with Gasteiger partial charge < -0.3 is 10.1 Å². The van der Waals surface area contributed by atoms with E-state index < -0.39 is 0 Å². The van der Waals surface area contributed by atoms with Crippen LogP contribution < -0.4 is 15.6 Å². The first-order chi connectivity index (χ1) is 12.1. The van der Waals surface area contributed by atoms with Crippen LogP contribution in [-0.2, 0) is 11.3 Å². The van der Waals surface area contributed by atoms with Gasteiger partial charge in [-0.3, -0.25) is 19.1 Å². The van der Waals surface area contributed by atoms with Crippen LogP contribution in [0.4, 0.5) is 5.69 Å².